The summed E-state index contributed by atoms with van der Waals surface area (Å²) in [4.78, 5) is 11.8. The van der Waals surface area contributed by atoms with Crippen LogP contribution >= 0.6 is 0 Å². The van der Waals surface area contributed by atoms with Gasteiger partial charge in [0.1, 0.15) is 0 Å². The SMILES string of the molecule is NC1CCCC(C(=O)NCC2CC(O)C2)C1. The van der Waals surface area contributed by atoms with Gasteiger partial charge in [-0.05, 0) is 38.0 Å². The molecule has 0 spiro atoms. The van der Waals surface area contributed by atoms with E-state index in [1.807, 2.05) is 0 Å². The Morgan fingerprint density at radius 3 is 2.69 bits per heavy atom. The first-order valence-electron chi connectivity index (χ1n) is 6.36. The average Bonchev–Trinajstić information content (AvgIpc) is 2.22. The van der Waals surface area contributed by atoms with Crippen molar-refractivity contribution in [2.45, 2.75) is 50.7 Å². The Labute approximate surface area is 96.6 Å². The van der Waals surface area contributed by atoms with Crippen molar-refractivity contribution in [3.8, 4) is 0 Å². The number of hydrogen-bond acceptors (Lipinski definition) is 3. The Bertz CT molecular complexity index is 251. The van der Waals surface area contributed by atoms with Crippen molar-refractivity contribution >= 4 is 5.91 Å². The number of carbonyl (C=O) groups is 1. The van der Waals surface area contributed by atoms with Crippen molar-refractivity contribution in [1.29, 1.82) is 0 Å². The van der Waals surface area contributed by atoms with Crippen LogP contribution in [-0.2, 0) is 4.79 Å². The Balaban J connectivity index is 1.67. The largest absolute Gasteiger partial charge is 0.393 e. The van der Waals surface area contributed by atoms with E-state index in [0.717, 1.165) is 45.1 Å². The summed E-state index contributed by atoms with van der Waals surface area (Å²) in [5, 5.41) is 12.1. The minimum Gasteiger partial charge on any atom is -0.393 e. The molecule has 0 aliphatic heterocycles. The van der Waals surface area contributed by atoms with Gasteiger partial charge in [-0.3, -0.25) is 4.79 Å². The Hall–Kier alpha value is -0.610. The maximum Gasteiger partial charge on any atom is 0.223 e. The summed E-state index contributed by atoms with van der Waals surface area (Å²) in [5.41, 5.74) is 5.86. The van der Waals surface area contributed by atoms with Crippen LogP contribution in [0.15, 0.2) is 0 Å². The number of nitrogens with two attached hydrogens (primary N) is 1. The molecule has 0 aromatic heterocycles. The molecular weight excluding hydrogens is 204 g/mol. The molecule has 2 saturated carbocycles. The third-order valence-corrected chi connectivity index (χ3v) is 3.86. The number of rotatable bonds is 3. The molecule has 92 valence electrons. The van der Waals surface area contributed by atoms with Crippen LogP contribution in [0, 0.1) is 11.8 Å². The molecule has 4 heteroatoms. The van der Waals surface area contributed by atoms with Crippen molar-refractivity contribution < 1.29 is 9.90 Å². The molecule has 2 aliphatic carbocycles. The molecule has 4 nitrogen and oxygen atoms in total. The van der Waals surface area contributed by atoms with Gasteiger partial charge in [0.2, 0.25) is 5.91 Å². The van der Waals surface area contributed by atoms with E-state index in [1.54, 1.807) is 0 Å². The lowest BCUT2D eigenvalue weighted by Crippen LogP contribution is -2.42. The summed E-state index contributed by atoms with van der Waals surface area (Å²) in [6.45, 7) is 0.724. The second-order valence-corrected chi connectivity index (χ2v) is 5.36. The molecule has 0 aromatic rings. The topological polar surface area (TPSA) is 75.4 Å². The average molecular weight is 226 g/mol. The maximum atomic E-state index is 11.8. The van der Waals surface area contributed by atoms with E-state index >= 15 is 0 Å². The number of nitrogens with one attached hydrogen (secondary N) is 1. The number of aliphatic hydroxyl groups excluding tert-OH is 1. The zero-order valence-corrected chi connectivity index (χ0v) is 9.69. The first-order valence-corrected chi connectivity index (χ1v) is 6.36. The third-order valence-electron chi connectivity index (χ3n) is 3.86. The Morgan fingerprint density at radius 2 is 2.06 bits per heavy atom. The minimum absolute atomic E-state index is 0.119. The van der Waals surface area contributed by atoms with Crippen LogP contribution in [0.2, 0.25) is 0 Å². The molecule has 0 aromatic carbocycles. The Kier molecular flexibility index (Phi) is 3.82. The fourth-order valence-electron chi connectivity index (χ4n) is 2.72. The highest BCUT2D eigenvalue weighted by molar-refractivity contribution is 5.78. The molecule has 2 fully saturated rings. The van der Waals surface area contributed by atoms with Crippen molar-refractivity contribution in [2.24, 2.45) is 17.6 Å². The molecule has 2 atom stereocenters. The molecule has 4 N–H and O–H groups in total. The van der Waals surface area contributed by atoms with Crippen LogP contribution in [0.5, 0.6) is 0 Å². The monoisotopic (exact) mass is 226 g/mol. The lowest BCUT2D eigenvalue weighted by Gasteiger charge is -2.32. The summed E-state index contributed by atoms with van der Waals surface area (Å²) in [6.07, 6.45) is 5.48. The number of hydrogen-bond donors (Lipinski definition) is 3. The zero-order valence-electron chi connectivity index (χ0n) is 9.69. The highest BCUT2D eigenvalue weighted by atomic mass is 16.3. The van der Waals surface area contributed by atoms with Crippen molar-refractivity contribution in [3.05, 3.63) is 0 Å². The van der Waals surface area contributed by atoms with Crippen LogP contribution in [0.1, 0.15) is 38.5 Å². The molecule has 0 saturated heterocycles. The summed E-state index contributed by atoms with van der Waals surface area (Å²) < 4.78 is 0. The molecule has 0 heterocycles. The summed E-state index contributed by atoms with van der Waals surface area (Å²) >= 11 is 0. The predicted molar refractivity (Wildman–Crippen MR) is 61.7 cm³/mol. The van der Waals surface area contributed by atoms with Crippen LogP contribution < -0.4 is 11.1 Å². The van der Waals surface area contributed by atoms with Crippen molar-refractivity contribution in [1.82, 2.24) is 5.32 Å². The van der Waals surface area contributed by atoms with Crippen LogP contribution in [0.4, 0.5) is 0 Å². The van der Waals surface area contributed by atoms with Crippen LogP contribution in [0.3, 0.4) is 0 Å². The summed E-state index contributed by atoms with van der Waals surface area (Å²) in [7, 11) is 0. The fourth-order valence-corrected chi connectivity index (χ4v) is 2.72. The molecule has 2 unspecified atom stereocenters. The normalized spacial score (nSPS) is 38.9. The first-order chi connectivity index (χ1) is 7.65. The standard InChI is InChI=1S/C12H22N2O2/c13-10-3-1-2-9(6-10)12(16)14-7-8-4-11(15)5-8/h8-11,15H,1-7,13H2,(H,14,16). The Morgan fingerprint density at radius 1 is 1.31 bits per heavy atom. The van der Waals surface area contributed by atoms with Crippen LogP contribution in [0.25, 0.3) is 0 Å². The van der Waals surface area contributed by atoms with Gasteiger partial charge in [0.05, 0.1) is 6.10 Å². The second kappa shape index (κ2) is 5.15. The smallest absolute Gasteiger partial charge is 0.223 e. The quantitative estimate of drug-likeness (QED) is 0.651. The van der Waals surface area contributed by atoms with E-state index in [0.29, 0.717) is 5.92 Å². The van der Waals surface area contributed by atoms with Crippen molar-refractivity contribution in [2.75, 3.05) is 6.54 Å². The fraction of sp³-hybridized carbons (Fsp3) is 0.917. The molecule has 2 aliphatic rings. The molecule has 0 radical (unpaired) electrons. The molecule has 0 bridgehead atoms. The van der Waals surface area contributed by atoms with Gasteiger partial charge in [-0.2, -0.15) is 0 Å². The first kappa shape index (κ1) is 11.9. The van der Waals surface area contributed by atoms with E-state index < -0.39 is 0 Å². The van der Waals surface area contributed by atoms with E-state index in [2.05, 4.69) is 5.32 Å². The van der Waals surface area contributed by atoms with Gasteiger partial charge < -0.3 is 16.2 Å². The van der Waals surface area contributed by atoms with E-state index in [9.17, 15) is 4.79 Å². The van der Waals surface area contributed by atoms with Gasteiger partial charge in [0.25, 0.3) is 0 Å². The van der Waals surface area contributed by atoms with Gasteiger partial charge in [-0.15, -0.1) is 0 Å². The molecule has 16 heavy (non-hydrogen) atoms. The van der Waals surface area contributed by atoms with Gasteiger partial charge in [0.15, 0.2) is 0 Å². The van der Waals surface area contributed by atoms with Gasteiger partial charge >= 0.3 is 0 Å². The predicted octanol–water partition coefficient (Wildman–Crippen LogP) is 0.391. The van der Waals surface area contributed by atoms with E-state index in [1.165, 1.54) is 0 Å². The second-order valence-electron chi connectivity index (χ2n) is 5.36. The van der Waals surface area contributed by atoms with Gasteiger partial charge in [-0.1, -0.05) is 6.42 Å². The summed E-state index contributed by atoms with van der Waals surface area (Å²) in [5.74, 6) is 0.765. The molecular formula is C12H22N2O2. The van der Waals surface area contributed by atoms with Crippen LogP contribution in [-0.4, -0.2) is 29.7 Å². The molecule has 2 rings (SSSR count). The van der Waals surface area contributed by atoms with E-state index in [4.69, 9.17) is 10.8 Å². The highest BCUT2D eigenvalue weighted by Gasteiger charge is 2.29. The zero-order chi connectivity index (χ0) is 11.5. The highest BCUT2D eigenvalue weighted by Crippen LogP contribution is 2.27. The number of amides is 1. The minimum atomic E-state index is -0.134. The lowest BCUT2D eigenvalue weighted by atomic mass is 9.82. The van der Waals surface area contributed by atoms with Crippen molar-refractivity contribution in [3.63, 3.8) is 0 Å². The van der Waals surface area contributed by atoms with Gasteiger partial charge in [-0.25, -0.2) is 0 Å². The molecule has 1 amide bonds. The van der Waals surface area contributed by atoms with Gasteiger partial charge in [0, 0.05) is 18.5 Å². The number of aliphatic hydroxyl groups is 1. The van der Waals surface area contributed by atoms with E-state index in [-0.39, 0.29) is 24.0 Å². The number of carbonyl (C=O) groups excluding carboxylic acids is 1. The third kappa shape index (κ3) is 2.95. The summed E-state index contributed by atoms with van der Waals surface area (Å²) in [6, 6.07) is 0.204. The lowest BCUT2D eigenvalue weighted by molar-refractivity contribution is -0.126. The maximum absolute atomic E-state index is 11.8.